The quantitative estimate of drug-likeness (QED) is 0.781. The summed E-state index contributed by atoms with van der Waals surface area (Å²) >= 11 is 5.42. The van der Waals surface area contributed by atoms with E-state index < -0.39 is 0 Å². The number of hydrogen-bond acceptors (Lipinski definition) is 2. The highest BCUT2D eigenvalue weighted by molar-refractivity contribution is 6.29. The largest absolute Gasteiger partial charge is 0.361 e. The van der Waals surface area contributed by atoms with Crippen LogP contribution in [0.4, 0.5) is 5.69 Å². The Morgan fingerprint density at radius 3 is 3.06 bits per heavy atom. The molecule has 1 amide bonds. The van der Waals surface area contributed by atoms with Gasteiger partial charge in [-0.1, -0.05) is 0 Å². The van der Waals surface area contributed by atoms with Crippen LogP contribution in [0.25, 0.3) is 10.9 Å². The molecule has 2 rings (SSSR count). The Bertz CT molecular complexity index is 582. The SMILES string of the molecule is N#Cc1cc(NC(=O)CCl)c2cc[nH]c2c1. The Morgan fingerprint density at radius 2 is 2.38 bits per heavy atom. The van der Waals surface area contributed by atoms with E-state index >= 15 is 0 Å². The fraction of sp³-hybridized carbons (Fsp3) is 0.0909. The van der Waals surface area contributed by atoms with Crippen molar-refractivity contribution in [1.29, 1.82) is 5.26 Å². The maximum atomic E-state index is 11.2. The first kappa shape index (κ1) is 10.5. The van der Waals surface area contributed by atoms with Crippen LogP contribution in [0, 0.1) is 11.3 Å². The number of carbonyl (C=O) groups excluding carboxylic acids is 1. The maximum absolute atomic E-state index is 11.2. The number of aromatic nitrogens is 1. The van der Waals surface area contributed by atoms with Gasteiger partial charge in [0.25, 0.3) is 0 Å². The molecule has 2 N–H and O–H groups in total. The summed E-state index contributed by atoms with van der Waals surface area (Å²) in [5.41, 5.74) is 1.89. The molecule has 1 aromatic heterocycles. The van der Waals surface area contributed by atoms with Crippen molar-refractivity contribution in [2.45, 2.75) is 0 Å². The minimum absolute atomic E-state index is 0.108. The first-order valence-electron chi connectivity index (χ1n) is 4.61. The molecule has 0 fully saturated rings. The van der Waals surface area contributed by atoms with Gasteiger partial charge in [-0.15, -0.1) is 11.6 Å². The molecule has 0 atom stereocenters. The molecule has 0 aliphatic heterocycles. The van der Waals surface area contributed by atoms with E-state index in [1.165, 1.54) is 0 Å². The molecule has 16 heavy (non-hydrogen) atoms. The van der Waals surface area contributed by atoms with Crippen molar-refractivity contribution in [2.75, 3.05) is 11.2 Å². The molecule has 0 radical (unpaired) electrons. The lowest BCUT2D eigenvalue weighted by Gasteiger charge is -2.05. The highest BCUT2D eigenvalue weighted by Crippen LogP contribution is 2.24. The number of nitriles is 1. The molecule has 0 spiro atoms. The number of H-pyrrole nitrogens is 1. The Labute approximate surface area is 96.8 Å². The number of alkyl halides is 1. The molecule has 5 heteroatoms. The van der Waals surface area contributed by atoms with E-state index in [0.29, 0.717) is 11.3 Å². The average Bonchev–Trinajstić information content (AvgIpc) is 2.76. The highest BCUT2D eigenvalue weighted by Gasteiger charge is 2.07. The Morgan fingerprint density at radius 1 is 1.56 bits per heavy atom. The number of hydrogen-bond donors (Lipinski definition) is 2. The molecule has 1 aromatic carbocycles. The summed E-state index contributed by atoms with van der Waals surface area (Å²) in [6.07, 6.45) is 1.75. The summed E-state index contributed by atoms with van der Waals surface area (Å²) in [4.78, 5) is 14.2. The number of anilines is 1. The topological polar surface area (TPSA) is 68.7 Å². The Balaban J connectivity index is 2.53. The van der Waals surface area contributed by atoms with Crippen molar-refractivity contribution in [3.8, 4) is 6.07 Å². The third-order valence-corrected chi connectivity index (χ3v) is 2.44. The predicted octanol–water partition coefficient (Wildman–Crippen LogP) is 2.22. The zero-order valence-corrected chi connectivity index (χ0v) is 9.01. The average molecular weight is 234 g/mol. The number of rotatable bonds is 2. The second-order valence-electron chi connectivity index (χ2n) is 3.26. The number of aromatic amines is 1. The summed E-state index contributed by atoms with van der Waals surface area (Å²) < 4.78 is 0. The van der Waals surface area contributed by atoms with Gasteiger partial charge < -0.3 is 10.3 Å². The minimum Gasteiger partial charge on any atom is -0.361 e. The molecule has 0 aliphatic rings. The molecule has 2 aromatic rings. The van der Waals surface area contributed by atoms with Crippen molar-refractivity contribution in [3.63, 3.8) is 0 Å². The zero-order chi connectivity index (χ0) is 11.5. The summed E-state index contributed by atoms with van der Waals surface area (Å²) in [5.74, 6) is -0.401. The first-order valence-corrected chi connectivity index (χ1v) is 5.15. The highest BCUT2D eigenvalue weighted by atomic mass is 35.5. The van der Waals surface area contributed by atoms with Gasteiger partial charge >= 0.3 is 0 Å². The third kappa shape index (κ3) is 1.86. The number of nitrogens with zero attached hydrogens (tertiary/aromatic N) is 1. The minimum atomic E-state index is -0.292. The van der Waals surface area contributed by atoms with Crippen molar-refractivity contribution < 1.29 is 4.79 Å². The van der Waals surface area contributed by atoms with Crippen LogP contribution in [0.5, 0.6) is 0 Å². The van der Waals surface area contributed by atoms with Crippen molar-refractivity contribution in [1.82, 2.24) is 4.98 Å². The van der Waals surface area contributed by atoms with Gasteiger partial charge in [0.05, 0.1) is 17.3 Å². The third-order valence-electron chi connectivity index (χ3n) is 2.19. The van der Waals surface area contributed by atoms with E-state index in [1.54, 1.807) is 18.3 Å². The number of benzene rings is 1. The van der Waals surface area contributed by atoms with E-state index in [9.17, 15) is 4.79 Å². The molecule has 0 unspecified atom stereocenters. The van der Waals surface area contributed by atoms with Crippen LogP contribution in [0.1, 0.15) is 5.56 Å². The molecule has 4 nitrogen and oxygen atoms in total. The van der Waals surface area contributed by atoms with Crippen LogP contribution >= 0.6 is 11.6 Å². The number of halogens is 1. The summed E-state index contributed by atoms with van der Waals surface area (Å²) in [5, 5.41) is 12.4. The molecule has 0 aliphatic carbocycles. The fourth-order valence-electron chi connectivity index (χ4n) is 1.52. The molecular formula is C11H8ClN3O. The molecule has 0 saturated heterocycles. The van der Waals surface area contributed by atoms with Crippen LogP contribution in [-0.4, -0.2) is 16.8 Å². The normalized spacial score (nSPS) is 10.0. The monoisotopic (exact) mass is 233 g/mol. The molecule has 80 valence electrons. The van der Waals surface area contributed by atoms with Crippen LogP contribution in [-0.2, 0) is 4.79 Å². The fourth-order valence-corrected chi connectivity index (χ4v) is 1.59. The van der Waals surface area contributed by atoms with Gasteiger partial charge in [0.2, 0.25) is 5.91 Å². The maximum Gasteiger partial charge on any atom is 0.239 e. The van der Waals surface area contributed by atoms with E-state index in [4.69, 9.17) is 16.9 Å². The van der Waals surface area contributed by atoms with Gasteiger partial charge in [-0.25, -0.2) is 0 Å². The molecule has 1 heterocycles. The van der Waals surface area contributed by atoms with Crippen LogP contribution in [0.3, 0.4) is 0 Å². The van der Waals surface area contributed by atoms with Crippen LogP contribution < -0.4 is 5.32 Å². The number of carbonyl (C=O) groups is 1. The summed E-state index contributed by atoms with van der Waals surface area (Å²) in [6.45, 7) is 0. The van der Waals surface area contributed by atoms with Crippen molar-refractivity contribution >= 4 is 34.1 Å². The molecule has 0 bridgehead atoms. The number of fused-ring (bicyclic) bond motifs is 1. The van der Waals surface area contributed by atoms with Gasteiger partial charge in [0.1, 0.15) is 5.88 Å². The smallest absolute Gasteiger partial charge is 0.239 e. The van der Waals surface area contributed by atoms with E-state index in [2.05, 4.69) is 10.3 Å². The molecule has 0 saturated carbocycles. The standard InChI is InChI=1S/C11H8ClN3O/c12-5-11(16)15-10-4-7(6-13)3-9-8(10)1-2-14-9/h1-4,14H,5H2,(H,15,16). The second kappa shape index (κ2) is 4.25. The van der Waals surface area contributed by atoms with Crippen molar-refractivity contribution in [3.05, 3.63) is 30.0 Å². The van der Waals surface area contributed by atoms with Gasteiger partial charge in [0.15, 0.2) is 0 Å². The Hall–Kier alpha value is -1.99. The van der Waals surface area contributed by atoms with Crippen LogP contribution in [0.15, 0.2) is 24.4 Å². The number of nitrogens with one attached hydrogen (secondary N) is 2. The first-order chi connectivity index (χ1) is 7.74. The lowest BCUT2D eigenvalue weighted by molar-refractivity contribution is -0.113. The summed E-state index contributed by atoms with van der Waals surface area (Å²) in [7, 11) is 0. The molecular weight excluding hydrogens is 226 g/mol. The van der Waals surface area contributed by atoms with Gasteiger partial charge in [-0.2, -0.15) is 5.26 Å². The second-order valence-corrected chi connectivity index (χ2v) is 3.52. The van der Waals surface area contributed by atoms with E-state index in [0.717, 1.165) is 10.9 Å². The summed E-state index contributed by atoms with van der Waals surface area (Å²) in [6, 6.07) is 7.22. The van der Waals surface area contributed by atoms with Gasteiger partial charge in [-0.05, 0) is 18.2 Å². The van der Waals surface area contributed by atoms with E-state index in [-0.39, 0.29) is 11.8 Å². The Kier molecular flexibility index (Phi) is 2.80. The predicted molar refractivity (Wildman–Crippen MR) is 62.4 cm³/mol. The zero-order valence-electron chi connectivity index (χ0n) is 8.25. The van der Waals surface area contributed by atoms with Gasteiger partial charge in [0, 0.05) is 17.1 Å². The van der Waals surface area contributed by atoms with Gasteiger partial charge in [-0.3, -0.25) is 4.79 Å². The van der Waals surface area contributed by atoms with Crippen molar-refractivity contribution in [2.24, 2.45) is 0 Å². The van der Waals surface area contributed by atoms with E-state index in [1.807, 2.05) is 12.1 Å². The number of amides is 1. The van der Waals surface area contributed by atoms with Crippen LogP contribution in [0.2, 0.25) is 0 Å². The lowest BCUT2D eigenvalue weighted by Crippen LogP contribution is -2.12. The lowest BCUT2D eigenvalue weighted by atomic mass is 10.1.